The Morgan fingerprint density at radius 1 is 0.926 bits per heavy atom. The lowest BCUT2D eigenvalue weighted by atomic mass is 9.96. The number of pyridine rings is 1. The molecule has 5 heteroatoms. The zero-order valence-electron chi connectivity index (χ0n) is 15.2. The SMILES string of the molecule is c1ccc2ncc(C(c3ccc4c(c3)OCO4)N3CCCNCC3)cc2c1. The molecule has 2 aromatic carbocycles. The summed E-state index contributed by atoms with van der Waals surface area (Å²) in [5, 5.41) is 4.68. The number of hydrogen-bond acceptors (Lipinski definition) is 5. The van der Waals surface area contributed by atoms with E-state index in [1.807, 2.05) is 18.3 Å². The first-order chi connectivity index (χ1) is 13.4. The number of nitrogens with zero attached hydrogens (tertiary/aromatic N) is 2. The highest BCUT2D eigenvalue weighted by Crippen LogP contribution is 2.38. The van der Waals surface area contributed by atoms with Gasteiger partial charge in [-0.3, -0.25) is 9.88 Å². The Labute approximate surface area is 158 Å². The van der Waals surface area contributed by atoms with Crippen LogP contribution in [-0.4, -0.2) is 42.9 Å². The maximum atomic E-state index is 5.64. The van der Waals surface area contributed by atoms with E-state index in [4.69, 9.17) is 14.5 Å². The summed E-state index contributed by atoms with van der Waals surface area (Å²) in [6.07, 6.45) is 3.16. The van der Waals surface area contributed by atoms with Crippen LogP contribution in [0.5, 0.6) is 11.5 Å². The maximum absolute atomic E-state index is 5.64. The smallest absolute Gasteiger partial charge is 0.231 e. The van der Waals surface area contributed by atoms with Gasteiger partial charge in [0.05, 0.1) is 11.6 Å². The monoisotopic (exact) mass is 361 g/mol. The van der Waals surface area contributed by atoms with E-state index in [0.29, 0.717) is 6.79 Å². The van der Waals surface area contributed by atoms with Crippen molar-refractivity contribution in [2.24, 2.45) is 0 Å². The van der Waals surface area contributed by atoms with Crippen LogP contribution in [0.1, 0.15) is 23.6 Å². The van der Waals surface area contributed by atoms with E-state index in [9.17, 15) is 0 Å². The summed E-state index contributed by atoms with van der Waals surface area (Å²) in [5.74, 6) is 1.66. The summed E-state index contributed by atoms with van der Waals surface area (Å²) in [7, 11) is 0. The van der Waals surface area contributed by atoms with E-state index in [2.05, 4.69) is 46.6 Å². The first-order valence-electron chi connectivity index (χ1n) is 9.57. The highest BCUT2D eigenvalue weighted by Gasteiger charge is 2.26. The molecule has 0 amide bonds. The number of aromatic nitrogens is 1. The van der Waals surface area contributed by atoms with Crippen LogP contribution in [0.4, 0.5) is 0 Å². The molecule has 138 valence electrons. The van der Waals surface area contributed by atoms with Gasteiger partial charge in [-0.25, -0.2) is 0 Å². The molecular formula is C22H23N3O2. The Morgan fingerprint density at radius 2 is 1.85 bits per heavy atom. The second-order valence-electron chi connectivity index (χ2n) is 7.12. The van der Waals surface area contributed by atoms with Gasteiger partial charge in [-0.1, -0.05) is 24.3 Å². The standard InChI is InChI=1S/C22H23N3O2/c1-2-5-19-16(4-1)12-18(14-24-19)22(25-10-3-8-23-9-11-25)17-6-7-20-21(13-17)27-15-26-20/h1-2,4-7,12-14,22-23H,3,8-11,15H2. The first-order valence-corrected chi connectivity index (χ1v) is 9.57. The van der Waals surface area contributed by atoms with Gasteiger partial charge < -0.3 is 14.8 Å². The zero-order valence-corrected chi connectivity index (χ0v) is 15.2. The lowest BCUT2D eigenvalue weighted by Crippen LogP contribution is -2.33. The predicted molar refractivity (Wildman–Crippen MR) is 105 cm³/mol. The number of benzene rings is 2. The normalized spacial score (nSPS) is 18.4. The Balaban J connectivity index is 1.60. The summed E-state index contributed by atoms with van der Waals surface area (Å²) >= 11 is 0. The molecule has 27 heavy (non-hydrogen) atoms. The van der Waals surface area contributed by atoms with Gasteiger partial charge in [0, 0.05) is 31.2 Å². The Bertz CT molecular complexity index is 951. The van der Waals surface area contributed by atoms with Crippen molar-refractivity contribution in [2.75, 3.05) is 33.0 Å². The van der Waals surface area contributed by atoms with Crippen LogP contribution >= 0.6 is 0 Å². The van der Waals surface area contributed by atoms with Crippen LogP contribution in [0.25, 0.3) is 10.9 Å². The lowest BCUT2D eigenvalue weighted by Gasteiger charge is -2.31. The van der Waals surface area contributed by atoms with Crippen molar-refractivity contribution in [2.45, 2.75) is 12.5 Å². The Hall–Kier alpha value is -2.63. The fourth-order valence-electron chi connectivity index (χ4n) is 4.06. The molecule has 0 bridgehead atoms. The second-order valence-corrected chi connectivity index (χ2v) is 7.12. The third-order valence-electron chi connectivity index (χ3n) is 5.38. The topological polar surface area (TPSA) is 46.6 Å². The molecular weight excluding hydrogens is 338 g/mol. The number of hydrogen-bond donors (Lipinski definition) is 1. The number of fused-ring (bicyclic) bond motifs is 2. The molecule has 3 aromatic rings. The molecule has 5 nitrogen and oxygen atoms in total. The van der Waals surface area contributed by atoms with Crippen LogP contribution in [0.15, 0.2) is 54.7 Å². The van der Waals surface area contributed by atoms with E-state index in [1.165, 1.54) is 16.5 Å². The highest BCUT2D eigenvalue weighted by molar-refractivity contribution is 5.79. The van der Waals surface area contributed by atoms with E-state index in [1.54, 1.807) is 0 Å². The summed E-state index contributed by atoms with van der Waals surface area (Å²) in [4.78, 5) is 7.27. The van der Waals surface area contributed by atoms with Gasteiger partial charge in [0.15, 0.2) is 11.5 Å². The fourth-order valence-corrected chi connectivity index (χ4v) is 4.06. The minimum atomic E-state index is 0.150. The van der Waals surface area contributed by atoms with Gasteiger partial charge in [-0.2, -0.15) is 0 Å². The van der Waals surface area contributed by atoms with E-state index in [-0.39, 0.29) is 6.04 Å². The summed E-state index contributed by atoms with van der Waals surface area (Å²) in [6, 6.07) is 17.0. The largest absolute Gasteiger partial charge is 0.454 e. The van der Waals surface area contributed by atoms with E-state index >= 15 is 0 Å². The zero-order chi connectivity index (χ0) is 18.1. The van der Waals surface area contributed by atoms with Crippen molar-refractivity contribution >= 4 is 10.9 Å². The van der Waals surface area contributed by atoms with Gasteiger partial charge in [0.1, 0.15) is 0 Å². The quantitative estimate of drug-likeness (QED) is 0.775. The number of rotatable bonds is 3. The molecule has 1 saturated heterocycles. The van der Waals surface area contributed by atoms with Crippen LogP contribution in [0.2, 0.25) is 0 Å². The minimum absolute atomic E-state index is 0.150. The maximum Gasteiger partial charge on any atom is 0.231 e. The van der Waals surface area contributed by atoms with E-state index < -0.39 is 0 Å². The first kappa shape index (κ1) is 16.5. The number of nitrogens with one attached hydrogen (secondary N) is 1. The van der Waals surface area contributed by atoms with Gasteiger partial charge >= 0.3 is 0 Å². The Kier molecular flexibility index (Phi) is 4.40. The molecule has 1 atom stereocenters. The molecule has 1 fully saturated rings. The molecule has 2 aliphatic rings. The van der Waals surface area contributed by atoms with Gasteiger partial charge in [-0.15, -0.1) is 0 Å². The molecule has 0 radical (unpaired) electrons. The summed E-state index contributed by atoms with van der Waals surface area (Å²) in [6.45, 7) is 4.43. The van der Waals surface area contributed by atoms with Crippen LogP contribution in [0, 0.1) is 0 Å². The second kappa shape index (κ2) is 7.18. The summed E-state index contributed by atoms with van der Waals surface area (Å²) < 4.78 is 11.1. The van der Waals surface area contributed by atoms with Crippen molar-refractivity contribution in [1.82, 2.24) is 15.2 Å². The molecule has 1 N–H and O–H groups in total. The minimum Gasteiger partial charge on any atom is -0.454 e. The number of ether oxygens (including phenoxy) is 2. The third-order valence-corrected chi connectivity index (χ3v) is 5.38. The molecule has 2 aliphatic heterocycles. The average molecular weight is 361 g/mol. The molecule has 1 unspecified atom stereocenters. The fraction of sp³-hybridized carbons (Fsp3) is 0.318. The van der Waals surface area contributed by atoms with Crippen molar-refractivity contribution in [1.29, 1.82) is 0 Å². The lowest BCUT2D eigenvalue weighted by molar-refractivity contribution is 0.173. The third kappa shape index (κ3) is 3.24. The molecule has 0 aliphatic carbocycles. The van der Waals surface area contributed by atoms with Gasteiger partial charge in [-0.05, 0) is 48.4 Å². The van der Waals surface area contributed by atoms with E-state index in [0.717, 1.165) is 49.6 Å². The van der Waals surface area contributed by atoms with Crippen LogP contribution < -0.4 is 14.8 Å². The van der Waals surface area contributed by atoms with Gasteiger partial charge in [0.25, 0.3) is 0 Å². The molecule has 0 spiro atoms. The van der Waals surface area contributed by atoms with Crippen molar-refractivity contribution in [3.63, 3.8) is 0 Å². The van der Waals surface area contributed by atoms with Gasteiger partial charge in [0.2, 0.25) is 6.79 Å². The predicted octanol–water partition coefficient (Wildman–Crippen LogP) is 3.35. The van der Waals surface area contributed by atoms with Crippen molar-refractivity contribution in [3.05, 3.63) is 65.9 Å². The summed E-state index contributed by atoms with van der Waals surface area (Å²) in [5.41, 5.74) is 3.47. The highest BCUT2D eigenvalue weighted by atomic mass is 16.7. The molecule has 0 saturated carbocycles. The van der Waals surface area contributed by atoms with Crippen LogP contribution in [0.3, 0.4) is 0 Å². The molecule has 3 heterocycles. The average Bonchev–Trinajstić information content (AvgIpc) is 3.02. The number of para-hydroxylation sites is 1. The Morgan fingerprint density at radius 3 is 2.85 bits per heavy atom. The van der Waals surface area contributed by atoms with Crippen LogP contribution in [-0.2, 0) is 0 Å². The molecule has 5 rings (SSSR count). The van der Waals surface area contributed by atoms with Crippen molar-refractivity contribution in [3.8, 4) is 11.5 Å². The van der Waals surface area contributed by atoms with Crippen molar-refractivity contribution < 1.29 is 9.47 Å². The molecule has 1 aromatic heterocycles.